The number of nitrogens with one attached hydrogen (secondary N) is 2. The Balaban J connectivity index is 2.04. The summed E-state index contributed by atoms with van der Waals surface area (Å²) in [6.45, 7) is 6.03. The van der Waals surface area contributed by atoms with Gasteiger partial charge in [0, 0.05) is 13.6 Å². The SMILES string of the molecule is COc1cc(C)cc(CN=C(NCCCSC)NCc2nnc(C)n2C)c1. The van der Waals surface area contributed by atoms with E-state index < -0.39 is 0 Å². The van der Waals surface area contributed by atoms with Crippen molar-refractivity contribution < 1.29 is 4.74 Å². The topological polar surface area (TPSA) is 76.4 Å². The lowest BCUT2D eigenvalue weighted by atomic mass is 10.1. The van der Waals surface area contributed by atoms with E-state index in [1.807, 2.05) is 42.4 Å². The van der Waals surface area contributed by atoms with Crippen LogP contribution in [0.4, 0.5) is 0 Å². The van der Waals surface area contributed by atoms with Crippen LogP contribution in [-0.2, 0) is 20.1 Å². The number of aliphatic imine (C=N–C) groups is 1. The van der Waals surface area contributed by atoms with E-state index in [2.05, 4.69) is 40.1 Å². The molecule has 0 unspecified atom stereocenters. The summed E-state index contributed by atoms with van der Waals surface area (Å²) in [6.07, 6.45) is 3.21. The van der Waals surface area contributed by atoms with Crippen molar-refractivity contribution in [1.82, 2.24) is 25.4 Å². The van der Waals surface area contributed by atoms with Crippen molar-refractivity contribution in [2.24, 2.45) is 12.0 Å². The predicted octanol–water partition coefficient (Wildman–Crippen LogP) is 2.43. The average Bonchev–Trinajstić information content (AvgIpc) is 2.98. The molecule has 0 bridgehead atoms. The maximum atomic E-state index is 5.36. The molecule has 0 atom stereocenters. The molecule has 0 spiro atoms. The Bertz CT molecular complexity index is 759. The molecule has 8 heteroatoms. The van der Waals surface area contributed by atoms with Crippen LogP contribution in [0.2, 0.25) is 0 Å². The molecule has 0 aliphatic heterocycles. The molecule has 0 radical (unpaired) electrons. The number of benzene rings is 1. The minimum absolute atomic E-state index is 0.572. The molecular formula is C19H30N6OS. The van der Waals surface area contributed by atoms with Crippen molar-refractivity contribution >= 4 is 17.7 Å². The van der Waals surface area contributed by atoms with E-state index in [0.29, 0.717) is 13.1 Å². The quantitative estimate of drug-likeness (QED) is 0.389. The maximum Gasteiger partial charge on any atom is 0.191 e. The summed E-state index contributed by atoms with van der Waals surface area (Å²) in [6, 6.07) is 6.17. The number of aromatic nitrogens is 3. The van der Waals surface area contributed by atoms with E-state index in [0.717, 1.165) is 53.2 Å². The van der Waals surface area contributed by atoms with Gasteiger partial charge in [0.25, 0.3) is 0 Å². The Labute approximate surface area is 166 Å². The zero-order chi connectivity index (χ0) is 19.6. The Morgan fingerprint density at radius 1 is 1.22 bits per heavy atom. The van der Waals surface area contributed by atoms with Crippen molar-refractivity contribution in [2.75, 3.05) is 25.7 Å². The maximum absolute atomic E-state index is 5.36. The molecular weight excluding hydrogens is 360 g/mol. The molecule has 0 saturated heterocycles. The first-order valence-corrected chi connectivity index (χ1v) is 10.4. The van der Waals surface area contributed by atoms with E-state index in [1.165, 1.54) is 0 Å². The molecule has 148 valence electrons. The Kier molecular flexibility index (Phi) is 8.44. The fourth-order valence-corrected chi connectivity index (χ4v) is 3.00. The molecule has 0 fully saturated rings. The monoisotopic (exact) mass is 390 g/mol. The first kappa shape index (κ1) is 21.1. The number of hydrogen-bond donors (Lipinski definition) is 2. The van der Waals surface area contributed by atoms with E-state index >= 15 is 0 Å². The molecule has 0 saturated carbocycles. The van der Waals surface area contributed by atoms with Crippen LogP contribution in [0, 0.1) is 13.8 Å². The highest BCUT2D eigenvalue weighted by Crippen LogP contribution is 2.17. The number of nitrogens with zero attached hydrogens (tertiary/aromatic N) is 4. The highest BCUT2D eigenvalue weighted by molar-refractivity contribution is 7.98. The summed E-state index contributed by atoms with van der Waals surface area (Å²) in [5.74, 6) is 4.53. The van der Waals surface area contributed by atoms with Gasteiger partial charge in [-0.3, -0.25) is 0 Å². The molecule has 2 aromatic rings. The summed E-state index contributed by atoms with van der Waals surface area (Å²) < 4.78 is 7.33. The largest absolute Gasteiger partial charge is 0.497 e. The van der Waals surface area contributed by atoms with Gasteiger partial charge in [-0.1, -0.05) is 6.07 Å². The Morgan fingerprint density at radius 2 is 2.04 bits per heavy atom. The first-order valence-electron chi connectivity index (χ1n) is 9.04. The normalized spacial score (nSPS) is 11.5. The van der Waals surface area contributed by atoms with Crippen LogP contribution in [0.5, 0.6) is 5.75 Å². The smallest absolute Gasteiger partial charge is 0.191 e. The number of hydrogen-bond acceptors (Lipinski definition) is 5. The number of thioether (sulfide) groups is 1. The van der Waals surface area contributed by atoms with Crippen LogP contribution >= 0.6 is 11.8 Å². The lowest BCUT2D eigenvalue weighted by molar-refractivity contribution is 0.414. The zero-order valence-corrected chi connectivity index (χ0v) is 17.7. The fraction of sp³-hybridized carbons (Fsp3) is 0.526. The average molecular weight is 391 g/mol. The second kappa shape index (κ2) is 10.8. The summed E-state index contributed by atoms with van der Waals surface area (Å²) in [4.78, 5) is 4.73. The summed E-state index contributed by atoms with van der Waals surface area (Å²) >= 11 is 1.85. The highest BCUT2D eigenvalue weighted by atomic mass is 32.2. The molecule has 1 aromatic heterocycles. The zero-order valence-electron chi connectivity index (χ0n) is 16.9. The van der Waals surface area contributed by atoms with Crippen molar-refractivity contribution in [3.05, 3.63) is 41.0 Å². The standard InChI is InChI=1S/C19H30N6OS/c1-14-9-16(11-17(10-14)26-4)12-21-19(20-7-6-8-27-5)22-13-18-24-23-15(2)25(18)3/h9-11H,6-8,12-13H2,1-5H3,(H2,20,21,22). The molecule has 2 N–H and O–H groups in total. The Hall–Kier alpha value is -2.22. The number of methoxy groups -OCH3 is 1. The highest BCUT2D eigenvalue weighted by Gasteiger charge is 2.06. The molecule has 0 amide bonds. The van der Waals surface area contributed by atoms with Gasteiger partial charge in [-0.25, -0.2) is 4.99 Å². The third kappa shape index (κ3) is 6.78. The van der Waals surface area contributed by atoms with Crippen LogP contribution in [-0.4, -0.2) is 46.4 Å². The van der Waals surface area contributed by atoms with Crippen LogP contribution in [0.3, 0.4) is 0 Å². The van der Waals surface area contributed by atoms with E-state index in [9.17, 15) is 0 Å². The van der Waals surface area contributed by atoms with E-state index in [4.69, 9.17) is 9.73 Å². The van der Waals surface area contributed by atoms with Gasteiger partial charge >= 0.3 is 0 Å². The van der Waals surface area contributed by atoms with Crippen molar-refractivity contribution in [3.8, 4) is 5.75 Å². The summed E-state index contributed by atoms with van der Waals surface area (Å²) in [5, 5.41) is 15.1. The molecule has 0 aliphatic rings. The minimum atomic E-state index is 0.572. The number of aryl methyl sites for hydroxylation is 2. The van der Waals surface area contributed by atoms with Crippen LogP contribution in [0.15, 0.2) is 23.2 Å². The summed E-state index contributed by atoms with van der Waals surface area (Å²) in [5.41, 5.74) is 2.28. The molecule has 0 aliphatic carbocycles. The van der Waals surface area contributed by atoms with Crippen molar-refractivity contribution in [3.63, 3.8) is 0 Å². The summed E-state index contributed by atoms with van der Waals surface area (Å²) in [7, 11) is 3.65. The number of rotatable bonds is 9. The van der Waals surface area contributed by atoms with Crippen molar-refractivity contribution in [1.29, 1.82) is 0 Å². The molecule has 7 nitrogen and oxygen atoms in total. The third-order valence-corrected chi connectivity index (χ3v) is 4.88. The third-order valence-electron chi connectivity index (χ3n) is 4.18. The van der Waals surface area contributed by atoms with Gasteiger partial charge in [0.2, 0.25) is 0 Å². The van der Waals surface area contributed by atoms with Gasteiger partial charge in [-0.15, -0.1) is 10.2 Å². The Morgan fingerprint density at radius 3 is 2.70 bits per heavy atom. The van der Waals surface area contributed by atoms with Gasteiger partial charge in [-0.05, 0) is 55.5 Å². The van der Waals surface area contributed by atoms with Gasteiger partial charge in [0.1, 0.15) is 11.6 Å². The fourth-order valence-electron chi connectivity index (χ4n) is 2.57. The second-order valence-electron chi connectivity index (χ2n) is 6.37. The lowest BCUT2D eigenvalue weighted by Crippen LogP contribution is -2.38. The molecule has 1 aromatic carbocycles. The van der Waals surface area contributed by atoms with Crippen molar-refractivity contribution in [2.45, 2.75) is 33.4 Å². The van der Waals surface area contributed by atoms with E-state index in [-0.39, 0.29) is 0 Å². The lowest BCUT2D eigenvalue weighted by Gasteiger charge is -2.13. The van der Waals surface area contributed by atoms with Gasteiger partial charge in [0.15, 0.2) is 11.8 Å². The molecule has 1 heterocycles. The van der Waals surface area contributed by atoms with Crippen LogP contribution in [0.1, 0.15) is 29.2 Å². The molecule has 2 rings (SSSR count). The first-order chi connectivity index (χ1) is 13.0. The van der Waals surface area contributed by atoms with Crippen LogP contribution in [0.25, 0.3) is 0 Å². The van der Waals surface area contributed by atoms with Gasteiger partial charge < -0.3 is 19.9 Å². The number of ether oxygens (including phenoxy) is 1. The van der Waals surface area contributed by atoms with Crippen LogP contribution < -0.4 is 15.4 Å². The second-order valence-corrected chi connectivity index (χ2v) is 7.36. The van der Waals surface area contributed by atoms with E-state index in [1.54, 1.807) is 7.11 Å². The van der Waals surface area contributed by atoms with Gasteiger partial charge in [-0.2, -0.15) is 11.8 Å². The molecule has 27 heavy (non-hydrogen) atoms. The number of guanidine groups is 1. The minimum Gasteiger partial charge on any atom is -0.497 e. The predicted molar refractivity (Wildman–Crippen MR) is 112 cm³/mol. The van der Waals surface area contributed by atoms with Gasteiger partial charge in [0.05, 0.1) is 20.2 Å².